The van der Waals surface area contributed by atoms with Gasteiger partial charge < -0.3 is 39.4 Å². The number of ether oxygens (including phenoxy) is 4. The summed E-state index contributed by atoms with van der Waals surface area (Å²) in [5.41, 5.74) is -0.127. The van der Waals surface area contributed by atoms with E-state index in [-0.39, 0.29) is 29.6 Å². The topological polar surface area (TPSA) is 147 Å². The number of nitrogens with zero attached hydrogens (tertiary/aromatic N) is 1. The van der Waals surface area contributed by atoms with Crippen molar-refractivity contribution in [1.82, 2.24) is 10.2 Å². The number of Topliss-reactive ketones (excluding diaryl/α,β-unsaturated/α-hetero) is 1. The summed E-state index contributed by atoms with van der Waals surface area (Å²) in [5, 5.41) is 23.7. The van der Waals surface area contributed by atoms with Crippen molar-refractivity contribution in [2.24, 2.45) is 17.8 Å². The van der Waals surface area contributed by atoms with Crippen LogP contribution in [0.5, 0.6) is 0 Å². The van der Waals surface area contributed by atoms with E-state index in [2.05, 4.69) is 31.3 Å². The average Bonchev–Trinajstić information content (AvgIpc) is 3.71. The molecule has 11 heteroatoms. The van der Waals surface area contributed by atoms with Gasteiger partial charge >= 0.3 is 0 Å². The fraction of sp³-hybridized carbons (Fsp3) is 0.656. The summed E-state index contributed by atoms with van der Waals surface area (Å²) in [6.45, 7) is 11.7. The van der Waals surface area contributed by atoms with Gasteiger partial charge in [0.25, 0.3) is 5.91 Å². The molecule has 5 rings (SSSR count). The standard InChI is InChI=1S/C32H44N2O9/c1-16(14-17(2)28-18(3)23-12-13-32(15-40-32)31(6,42-23)43-28)8-9-22(36)25-27(37)26(19(4)29(38)33-7)34(30(25)39)24-11-10-21(35)20(5)41-24/h8-9,12-14,17-21,23-24,26,28,35-36H,10-11,15H2,1-7H3,(H,33,38)/b9-8+,16-14+,25-22+/t17-,18+,19+,20+,21+,23+,24+,26+,28+,31+,32+/m1/s1. The summed E-state index contributed by atoms with van der Waals surface area (Å²) in [6.07, 6.45) is 7.46. The molecule has 0 aromatic rings. The highest BCUT2D eigenvalue weighted by Crippen LogP contribution is 2.52. The average molecular weight is 601 g/mol. The summed E-state index contributed by atoms with van der Waals surface area (Å²) in [6, 6.07) is -1.15. The molecule has 4 saturated heterocycles. The van der Waals surface area contributed by atoms with Crippen LogP contribution in [0.3, 0.4) is 0 Å². The van der Waals surface area contributed by atoms with Crippen molar-refractivity contribution in [3.05, 3.63) is 47.3 Å². The Balaban J connectivity index is 1.36. The Kier molecular flexibility index (Phi) is 8.51. The van der Waals surface area contributed by atoms with Crippen molar-refractivity contribution < 1.29 is 43.5 Å². The molecule has 0 radical (unpaired) electrons. The number of carbonyl (C=O) groups excluding carboxylic acids is 3. The summed E-state index contributed by atoms with van der Waals surface area (Å²) < 4.78 is 24.3. The van der Waals surface area contributed by atoms with Crippen molar-refractivity contribution in [1.29, 1.82) is 0 Å². The third-order valence-electron chi connectivity index (χ3n) is 9.67. The normalized spacial score (nSPS) is 42.0. The Bertz CT molecular complexity index is 1280. The van der Waals surface area contributed by atoms with Gasteiger partial charge in [-0.15, -0.1) is 0 Å². The molecular weight excluding hydrogens is 556 g/mol. The maximum absolute atomic E-state index is 13.6. The monoisotopic (exact) mass is 600 g/mol. The number of rotatable bonds is 7. The van der Waals surface area contributed by atoms with E-state index in [9.17, 15) is 24.6 Å². The Morgan fingerprint density at radius 3 is 2.51 bits per heavy atom. The predicted octanol–water partition coefficient (Wildman–Crippen LogP) is 2.46. The number of likely N-dealkylation sites (tertiary alicyclic amines) is 1. The zero-order valence-electron chi connectivity index (χ0n) is 25.9. The number of epoxide rings is 1. The zero-order chi connectivity index (χ0) is 31.4. The van der Waals surface area contributed by atoms with Gasteiger partial charge in [-0.3, -0.25) is 14.4 Å². The molecule has 2 amide bonds. The maximum atomic E-state index is 13.6. The number of aliphatic hydroxyl groups is 2. The van der Waals surface area contributed by atoms with Crippen LogP contribution in [0.4, 0.5) is 0 Å². The number of nitrogens with one attached hydrogen (secondary N) is 1. The van der Waals surface area contributed by atoms with Gasteiger partial charge in [0.2, 0.25) is 11.7 Å². The second-order valence-electron chi connectivity index (χ2n) is 12.7. The summed E-state index contributed by atoms with van der Waals surface area (Å²) in [4.78, 5) is 41.1. The minimum atomic E-state index is -1.15. The second-order valence-corrected chi connectivity index (χ2v) is 12.7. The highest BCUT2D eigenvalue weighted by molar-refractivity contribution is 6.27. The number of aliphatic hydroxyl groups excluding tert-OH is 2. The molecule has 5 aliphatic rings. The van der Waals surface area contributed by atoms with Gasteiger partial charge in [-0.25, -0.2) is 0 Å². The number of hydrogen-bond acceptors (Lipinski definition) is 9. The summed E-state index contributed by atoms with van der Waals surface area (Å²) in [5.74, 6) is -3.93. The first kappa shape index (κ1) is 31.6. The van der Waals surface area contributed by atoms with E-state index in [1.807, 2.05) is 19.9 Å². The largest absolute Gasteiger partial charge is 0.507 e. The van der Waals surface area contributed by atoms with E-state index >= 15 is 0 Å². The predicted molar refractivity (Wildman–Crippen MR) is 155 cm³/mol. The minimum absolute atomic E-state index is 0.0220. The Morgan fingerprint density at radius 1 is 1.19 bits per heavy atom. The third kappa shape index (κ3) is 5.50. The molecule has 5 heterocycles. The lowest BCUT2D eigenvalue weighted by molar-refractivity contribution is -0.346. The number of hydrogen-bond donors (Lipinski definition) is 3. The molecule has 5 aliphatic heterocycles. The molecule has 0 aromatic carbocycles. The SMILES string of the molecule is CNC(=O)[C@@H](C)[C@H]1C(=O)/C(=C(O)/C=C/C(C)=C/[C@@H](C)[C@@H]2O[C@]3(C)O[C@@H](C=C[C@]34CO4)[C@@H]2C)C(=O)N1[C@@H]1CC[C@H](O)[C@H](C)O1. The number of fused-ring (bicyclic) bond motifs is 3. The molecule has 0 saturated carbocycles. The van der Waals surface area contributed by atoms with Gasteiger partial charge in [0.05, 0.1) is 36.9 Å². The lowest BCUT2D eigenvalue weighted by Gasteiger charge is -2.51. The molecule has 43 heavy (non-hydrogen) atoms. The maximum Gasteiger partial charge on any atom is 0.264 e. The molecule has 2 bridgehead atoms. The highest BCUT2D eigenvalue weighted by Gasteiger charge is 2.66. The molecular formula is C32H44N2O9. The fourth-order valence-electron chi connectivity index (χ4n) is 6.82. The number of ketones is 1. The quantitative estimate of drug-likeness (QED) is 0.100. The van der Waals surface area contributed by atoms with Crippen LogP contribution in [0.25, 0.3) is 0 Å². The van der Waals surface area contributed by atoms with Crippen LogP contribution in [0.15, 0.2) is 47.3 Å². The smallest absolute Gasteiger partial charge is 0.264 e. The first-order valence-electron chi connectivity index (χ1n) is 15.1. The molecule has 0 aliphatic carbocycles. The molecule has 4 fully saturated rings. The Morgan fingerprint density at radius 2 is 1.88 bits per heavy atom. The van der Waals surface area contributed by atoms with Crippen LogP contribution in [0.2, 0.25) is 0 Å². The van der Waals surface area contributed by atoms with Crippen LogP contribution < -0.4 is 5.32 Å². The van der Waals surface area contributed by atoms with Crippen LogP contribution in [-0.4, -0.2) is 94.4 Å². The highest BCUT2D eigenvalue weighted by atomic mass is 16.8. The summed E-state index contributed by atoms with van der Waals surface area (Å²) in [7, 11) is 1.46. The number of allylic oxidation sites excluding steroid dienone is 3. The van der Waals surface area contributed by atoms with Gasteiger partial charge in [0.1, 0.15) is 23.6 Å². The Labute approximate surface area is 252 Å². The molecule has 1 spiro atoms. The van der Waals surface area contributed by atoms with E-state index in [0.29, 0.717) is 19.4 Å². The first-order valence-corrected chi connectivity index (χ1v) is 15.1. The van der Waals surface area contributed by atoms with Crippen LogP contribution in [0, 0.1) is 17.8 Å². The molecule has 236 valence electrons. The van der Waals surface area contributed by atoms with Gasteiger partial charge in [0, 0.05) is 18.9 Å². The van der Waals surface area contributed by atoms with E-state index in [4.69, 9.17) is 18.9 Å². The van der Waals surface area contributed by atoms with Gasteiger partial charge in [-0.2, -0.15) is 0 Å². The van der Waals surface area contributed by atoms with Crippen molar-refractivity contribution in [3.8, 4) is 0 Å². The zero-order valence-corrected chi connectivity index (χ0v) is 25.9. The molecule has 11 nitrogen and oxygen atoms in total. The minimum Gasteiger partial charge on any atom is -0.507 e. The van der Waals surface area contributed by atoms with Crippen molar-refractivity contribution in [3.63, 3.8) is 0 Å². The lowest BCUT2D eigenvalue weighted by Crippen LogP contribution is -2.61. The molecule has 11 atom stereocenters. The van der Waals surface area contributed by atoms with E-state index < -0.39 is 65.1 Å². The van der Waals surface area contributed by atoms with E-state index in [0.717, 1.165) is 5.57 Å². The van der Waals surface area contributed by atoms with Crippen LogP contribution >= 0.6 is 0 Å². The molecule has 3 N–H and O–H groups in total. The fourth-order valence-corrected chi connectivity index (χ4v) is 6.82. The van der Waals surface area contributed by atoms with Crippen LogP contribution in [0.1, 0.15) is 54.4 Å². The lowest BCUT2D eigenvalue weighted by atomic mass is 9.82. The van der Waals surface area contributed by atoms with E-state index in [1.54, 1.807) is 19.9 Å². The number of amides is 2. The second kappa shape index (κ2) is 11.6. The van der Waals surface area contributed by atoms with Crippen LogP contribution in [-0.2, 0) is 33.3 Å². The van der Waals surface area contributed by atoms with Gasteiger partial charge in [-0.05, 0) is 45.8 Å². The van der Waals surface area contributed by atoms with Crippen molar-refractivity contribution in [2.45, 2.75) is 102 Å². The van der Waals surface area contributed by atoms with Gasteiger partial charge in [0.15, 0.2) is 11.4 Å². The Hall–Kier alpha value is -2.83. The first-order chi connectivity index (χ1) is 20.2. The molecule has 0 unspecified atom stereocenters. The third-order valence-corrected chi connectivity index (χ3v) is 9.67. The van der Waals surface area contributed by atoms with E-state index in [1.165, 1.54) is 18.0 Å². The van der Waals surface area contributed by atoms with Crippen molar-refractivity contribution in [2.75, 3.05) is 13.7 Å². The van der Waals surface area contributed by atoms with Gasteiger partial charge in [-0.1, -0.05) is 44.6 Å². The van der Waals surface area contributed by atoms with Crippen molar-refractivity contribution >= 4 is 17.6 Å². The summed E-state index contributed by atoms with van der Waals surface area (Å²) >= 11 is 0. The molecule has 0 aromatic heterocycles. The number of carbonyl (C=O) groups is 3.